The van der Waals surface area contributed by atoms with Crippen LogP contribution in [0.2, 0.25) is 0 Å². The Morgan fingerprint density at radius 1 is 0.933 bits per heavy atom. The molecule has 0 saturated heterocycles. The minimum Gasteiger partial charge on any atom is -0.249 e. The summed E-state index contributed by atoms with van der Waals surface area (Å²) in [6, 6.07) is 0. The Morgan fingerprint density at radius 2 is 1.47 bits per heavy atom. The van der Waals surface area contributed by atoms with E-state index in [0.717, 1.165) is 25.9 Å². The number of hydrogen-bond donors (Lipinski definition) is 0. The molecule has 0 unspecified atom stereocenters. The van der Waals surface area contributed by atoms with Crippen LogP contribution in [0.25, 0.3) is 0 Å². The maximum atomic E-state index is 4.08. The fourth-order valence-corrected chi connectivity index (χ4v) is 2.84. The lowest BCUT2D eigenvalue weighted by Crippen LogP contribution is -2.25. The van der Waals surface area contributed by atoms with Crippen LogP contribution < -0.4 is 0 Å². The third kappa shape index (κ3) is 0.886. The smallest absolute Gasteiger partial charge is 0.0725 e. The molecule has 0 saturated carbocycles. The highest BCUT2D eigenvalue weighted by atomic mass is 15.5. The molecule has 2 aliphatic rings. The van der Waals surface area contributed by atoms with Crippen LogP contribution in [0.15, 0.2) is 12.4 Å². The molecule has 2 aromatic rings. The lowest BCUT2D eigenvalue weighted by atomic mass is 9.84. The molecular weight excluding hydrogens is 192 g/mol. The standard InChI is InChI=1S/C9H10N6/c1-7-3-10-12-14(7)5-9(1)2-8-4-11-13-15(8)6-9/h3-4H,1-2,5-6H2. The molecule has 0 bridgehead atoms. The fourth-order valence-electron chi connectivity index (χ4n) is 2.84. The van der Waals surface area contributed by atoms with Crippen molar-refractivity contribution < 1.29 is 0 Å². The number of fused-ring (bicyclic) bond motifs is 2. The average Bonchev–Trinajstić information content (AvgIpc) is 2.84. The molecule has 0 aromatic carbocycles. The van der Waals surface area contributed by atoms with Gasteiger partial charge in [-0.1, -0.05) is 10.4 Å². The van der Waals surface area contributed by atoms with Gasteiger partial charge in [0.1, 0.15) is 0 Å². The second-order valence-corrected chi connectivity index (χ2v) is 4.62. The minimum atomic E-state index is 0.288. The Morgan fingerprint density at radius 3 is 1.93 bits per heavy atom. The zero-order valence-electron chi connectivity index (χ0n) is 8.17. The largest absolute Gasteiger partial charge is 0.249 e. The molecule has 4 heterocycles. The maximum Gasteiger partial charge on any atom is 0.0725 e. The molecule has 1 spiro atoms. The van der Waals surface area contributed by atoms with E-state index >= 15 is 0 Å². The summed E-state index contributed by atoms with van der Waals surface area (Å²) in [7, 11) is 0. The highest BCUT2D eigenvalue weighted by Gasteiger charge is 2.44. The van der Waals surface area contributed by atoms with E-state index in [1.807, 2.05) is 21.8 Å². The second-order valence-electron chi connectivity index (χ2n) is 4.62. The molecule has 0 atom stereocenters. The molecule has 0 fully saturated rings. The van der Waals surface area contributed by atoms with Gasteiger partial charge in [-0.25, -0.2) is 9.36 Å². The molecule has 15 heavy (non-hydrogen) atoms. The van der Waals surface area contributed by atoms with Gasteiger partial charge < -0.3 is 0 Å². The summed E-state index contributed by atoms with van der Waals surface area (Å²) >= 11 is 0. The first kappa shape index (κ1) is 7.56. The van der Waals surface area contributed by atoms with Crippen molar-refractivity contribution in [3.05, 3.63) is 23.8 Å². The molecular formula is C9H10N6. The van der Waals surface area contributed by atoms with Crippen LogP contribution in [0, 0.1) is 5.41 Å². The van der Waals surface area contributed by atoms with Gasteiger partial charge in [0.25, 0.3) is 0 Å². The van der Waals surface area contributed by atoms with Gasteiger partial charge in [-0.2, -0.15) is 0 Å². The van der Waals surface area contributed by atoms with Crippen molar-refractivity contribution >= 4 is 0 Å². The Hall–Kier alpha value is -1.72. The van der Waals surface area contributed by atoms with Crippen LogP contribution in [-0.4, -0.2) is 30.0 Å². The summed E-state index contributed by atoms with van der Waals surface area (Å²) in [6.07, 6.45) is 5.86. The van der Waals surface area contributed by atoms with Crippen molar-refractivity contribution in [2.24, 2.45) is 5.41 Å². The minimum absolute atomic E-state index is 0.288. The fraction of sp³-hybridized carbons (Fsp3) is 0.556. The number of hydrogen-bond acceptors (Lipinski definition) is 4. The Balaban J connectivity index is 1.72. The predicted molar refractivity (Wildman–Crippen MR) is 49.9 cm³/mol. The van der Waals surface area contributed by atoms with E-state index < -0.39 is 0 Å². The molecule has 2 aromatic heterocycles. The van der Waals surface area contributed by atoms with Gasteiger partial charge in [-0.15, -0.1) is 10.2 Å². The molecule has 76 valence electrons. The number of nitrogens with zero attached hydrogens (tertiary/aromatic N) is 6. The Labute approximate surface area is 85.9 Å². The highest BCUT2D eigenvalue weighted by Crippen LogP contribution is 2.40. The molecule has 6 nitrogen and oxygen atoms in total. The Kier molecular flexibility index (Phi) is 1.14. The zero-order chi connectivity index (χ0) is 9.88. The number of rotatable bonds is 0. The van der Waals surface area contributed by atoms with Gasteiger partial charge in [-0.05, 0) is 0 Å². The summed E-state index contributed by atoms with van der Waals surface area (Å²) in [5.74, 6) is 0. The van der Waals surface area contributed by atoms with E-state index in [1.54, 1.807) is 0 Å². The van der Waals surface area contributed by atoms with Crippen molar-refractivity contribution in [3.63, 3.8) is 0 Å². The lowest BCUT2D eigenvalue weighted by molar-refractivity contribution is 0.255. The summed E-state index contributed by atoms with van der Waals surface area (Å²) in [6.45, 7) is 1.93. The van der Waals surface area contributed by atoms with Crippen LogP contribution in [0.1, 0.15) is 11.4 Å². The molecule has 0 radical (unpaired) electrons. The van der Waals surface area contributed by atoms with Gasteiger partial charge >= 0.3 is 0 Å². The molecule has 0 aliphatic carbocycles. The summed E-state index contributed by atoms with van der Waals surface area (Å²) in [5.41, 5.74) is 2.78. The molecule has 4 rings (SSSR count). The molecule has 0 amide bonds. The van der Waals surface area contributed by atoms with Gasteiger partial charge in [0.05, 0.1) is 36.9 Å². The summed E-state index contributed by atoms with van der Waals surface area (Å²) in [5, 5.41) is 16.0. The quantitative estimate of drug-likeness (QED) is 0.586. The predicted octanol–water partition coefficient (Wildman–Crippen LogP) is -0.332. The summed E-state index contributed by atoms with van der Waals surface area (Å²) < 4.78 is 4.03. The van der Waals surface area contributed by atoms with E-state index in [4.69, 9.17) is 0 Å². The monoisotopic (exact) mass is 202 g/mol. The lowest BCUT2D eigenvalue weighted by Gasteiger charge is -2.19. The average molecular weight is 202 g/mol. The van der Waals surface area contributed by atoms with E-state index in [1.165, 1.54) is 11.4 Å². The Bertz CT molecular complexity index is 431. The normalized spacial score (nSPS) is 20.8. The SMILES string of the molecule is c1nnn2c1CC1(Cc3cnnn3C1)C2. The van der Waals surface area contributed by atoms with Crippen molar-refractivity contribution in [2.75, 3.05) is 0 Å². The molecule has 2 aliphatic heterocycles. The topological polar surface area (TPSA) is 61.4 Å². The van der Waals surface area contributed by atoms with Gasteiger partial charge in [0.2, 0.25) is 0 Å². The van der Waals surface area contributed by atoms with Crippen molar-refractivity contribution in [1.82, 2.24) is 30.0 Å². The first-order valence-corrected chi connectivity index (χ1v) is 5.09. The van der Waals surface area contributed by atoms with E-state index in [9.17, 15) is 0 Å². The van der Waals surface area contributed by atoms with Crippen molar-refractivity contribution in [2.45, 2.75) is 25.9 Å². The van der Waals surface area contributed by atoms with Gasteiger partial charge in [-0.3, -0.25) is 0 Å². The van der Waals surface area contributed by atoms with Crippen LogP contribution in [-0.2, 0) is 25.9 Å². The maximum absolute atomic E-state index is 4.08. The molecule has 0 N–H and O–H groups in total. The van der Waals surface area contributed by atoms with Crippen molar-refractivity contribution in [3.8, 4) is 0 Å². The summed E-state index contributed by atoms with van der Waals surface area (Å²) in [4.78, 5) is 0. The van der Waals surface area contributed by atoms with Crippen molar-refractivity contribution in [1.29, 1.82) is 0 Å². The first-order chi connectivity index (χ1) is 7.35. The van der Waals surface area contributed by atoms with Crippen LogP contribution >= 0.6 is 0 Å². The van der Waals surface area contributed by atoms with E-state index in [2.05, 4.69) is 20.6 Å². The number of aromatic nitrogens is 6. The van der Waals surface area contributed by atoms with E-state index in [0.29, 0.717) is 0 Å². The van der Waals surface area contributed by atoms with Crippen LogP contribution in [0.5, 0.6) is 0 Å². The third-order valence-electron chi connectivity index (χ3n) is 3.48. The van der Waals surface area contributed by atoms with E-state index in [-0.39, 0.29) is 5.41 Å². The second kappa shape index (κ2) is 2.26. The van der Waals surface area contributed by atoms with Gasteiger partial charge in [0, 0.05) is 18.3 Å². The van der Waals surface area contributed by atoms with Crippen LogP contribution in [0.3, 0.4) is 0 Å². The molecule has 6 heteroatoms. The van der Waals surface area contributed by atoms with Crippen LogP contribution in [0.4, 0.5) is 0 Å². The third-order valence-corrected chi connectivity index (χ3v) is 3.48. The first-order valence-electron chi connectivity index (χ1n) is 5.09. The van der Waals surface area contributed by atoms with Gasteiger partial charge in [0.15, 0.2) is 0 Å². The zero-order valence-corrected chi connectivity index (χ0v) is 8.17. The highest BCUT2D eigenvalue weighted by molar-refractivity contribution is 5.14.